The standard InChI is InChI=1S/C32H41F4N5O3S/c1-31(2)11-14-39(15-12-31)19-26(42)20-41-29-10-13-40(45(3,43)44)21-27(29)30(38-41)23-6-9-28(32(34,35)36)24(16-23)18-37-17-22-4-7-25(33)8-5-22/h4-9,16,26,37,42H,10-15,17-21H2,1-3H3/t26-/m0/s1. The molecule has 1 atom stereocenters. The predicted molar refractivity (Wildman–Crippen MR) is 164 cm³/mol. The van der Waals surface area contributed by atoms with Crippen LogP contribution in [0.5, 0.6) is 0 Å². The van der Waals surface area contributed by atoms with Gasteiger partial charge in [-0.2, -0.15) is 22.6 Å². The van der Waals surface area contributed by atoms with E-state index in [2.05, 4.69) is 24.1 Å². The lowest BCUT2D eigenvalue weighted by Crippen LogP contribution is -2.42. The zero-order chi connectivity index (χ0) is 32.6. The summed E-state index contributed by atoms with van der Waals surface area (Å²) in [7, 11) is -3.53. The van der Waals surface area contributed by atoms with Crippen LogP contribution in [0.3, 0.4) is 0 Å². The van der Waals surface area contributed by atoms with Gasteiger partial charge in [-0.15, -0.1) is 0 Å². The Morgan fingerprint density at radius 3 is 2.36 bits per heavy atom. The Kier molecular flexibility index (Phi) is 9.77. The van der Waals surface area contributed by atoms with Gasteiger partial charge in [-0.25, -0.2) is 12.8 Å². The monoisotopic (exact) mass is 651 g/mol. The lowest BCUT2D eigenvalue weighted by atomic mass is 9.82. The van der Waals surface area contributed by atoms with E-state index < -0.39 is 33.7 Å². The second-order valence-corrected chi connectivity index (χ2v) is 15.0. The number of hydrogen-bond acceptors (Lipinski definition) is 6. The Bertz CT molecular complexity index is 1600. The average molecular weight is 652 g/mol. The van der Waals surface area contributed by atoms with Crippen molar-refractivity contribution in [2.45, 2.75) is 71.6 Å². The molecule has 45 heavy (non-hydrogen) atoms. The zero-order valence-corrected chi connectivity index (χ0v) is 26.7. The van der Waals surface area contributed by atoms with Crippen LogP contribution in [-0.4, -0.2) is 71.0 Å². The van der Waals surface area contributed by atoms with Gasteiger partial charge in [0.15, 0.2) is 0 Å². The molecule has 1 aromatic heterocycles. The highest BCUT2D eigenvalue weighted by atomic mass is 32.2. The van der Waals surface area contributed by atoms with E-state index in [1.54, 1.807) is 16.8 Å². The van der Waals surface area contributed by atoms with Crippen LogP contribution in [0.15, 0.2) is 42.5 Å². The molecule has 2 aliphatic heterocycles. The van der Waals surface area contributed by atoms with Crippen LogP contribution in [0, 0.1) is 11.2 Å². The predicted octanol–water partition coefficient (Wildman–Crippen LogP) is 4.80. The van der Waals surface area contributed by atoms with E-state index in [0.29, 0.717) is 29.8 Å². The highest BCUT2D eigenvalue weighted by molar-refractivity contribution is 7.88. The number of fused-ring (bicyclic) bond motifs is 1. The van der Waals surface area contributed by atoms with Gasteiger partial charge in [0.05, 0.1) is 30.2 Å². The summed E-state index contributed by atoms with van der Waals surface area (Å²) < 4.78 is 83.3. The van der Waals surface area contributed by atoms with Crippen molar-refractivity contribution in [2.75, 3.05) is 32.4 Å². The molecular formula is C32H41F4N5O3S. The fourth-order valence-corrected chi connectivity index (χ4v) is 6.92. The summed E-state index contributed by atoms with van der Waals surface area (Å²) in [5, 5.41) is 18.9. The second-order valence-electron chi connectivity index (χ2n) is 13.0. The van der Waals surface area contributed by atoms with Crippen LogP contribution < -0.4 is 5.32 Å². The molecule has 1 saturated heterocycles. The first-order chi connectivity index (χ1) is 21.1. The van der Waals surface area contributed by atoms with E-state index >= 15 is 0 Å². The molecule has 2 N–H and O–H groups in total. The second kappa shape index (κ2) is 13.1. The summed E-state index contributed by atoms with van der Waals surface area (Å²) in [6.07, 6.45) is -1.74. The van der Waals surface area contributed by atoms with E-state index in [0.717, 1.165) is 49.5 Å². The Morgan fingerprint density at radius 2 is 1.71 bits per heavy atom. The van der Waals surface area contributed by atoms with E-state index in [4.69, 9.17) is 5.10 Å². The lowest BCUT2D eigenvalue weighted by molar-refractivity contribution is -0.138. The molecule has 2 aromatic carbocycles. The zero-order valence-electron chi connectivity index (χ0n) is 25.9. The molecule has 0 spiro atoms. The Balaban J connectivity index is 1.43. The fourth-order valence-electron chi connectivity index (χ4n) is 6.14. The minimum absolute atomic E-state index is 0.00856. The SMILES string of the molecule is CC1(C)CCN(C[C@H](O)Cn2nc(-c3ccc(C(F)(F)F)c(CNCc4ccc(F)cc4)c3)c3c2CCN(S(C)(=O)=O)C3)CC1. The molecule has 8 nitrogen and oxygen atoms in total. The molecule has 3 heterocycles. The van der Waals surface area contributed by atoms with E-state index in [1.165, 1.54) is 28.6 Å². The highest BCUT2D eigenvalue weighted by Gasteiger charge is 2.35. The minimum atomic E-state index is -4.59. The molecule has 0 radical (unpaired) electrons. The molecule has 1 fully saturated rings. The third kappa shape index (κ3) is 8.31. The molecule has 246 valence electrons. The number of halogens is 4. The number of β-amino-alcohol motifs (C(OH)–C–C–N with tert-alkyl or cyclic N) is 1. The number of hydrogen-bond donors (Lipinski definition) is 2. The molecule has 0 saturated carbocycles. The van der Waals surface area contributed by atoms with Crippen molar-refractivity contribution in [3.05, 3.63) is 76.2 Å². The molecular weight excluding hydrogens is 610 g/mol. The lowest BCUT2D eigenvalue weighted by Gasteiger charge is -2.37. The van der Waals surface area contributed by atoms with E-state index in [9.17, 15) is 31.1 Å². The summed E-state index contributed by atoms with van der Waals surface area (Å²) in [6.45, 7) is 7.34. The van der Waals surface area contributed by atoms with Crippen molar-refractivity contribution in [3.63, 3.8) is 0 Å². The number of aromatic nitrogens is 2. The topological polar surface area (TPSA) is 90.7 Å². The highest BCUT2D eigenvalue weighted by Crippen LogP contribution is 2.37. The van der Waals surface area contributed by atoms with Gasteiger partial charge in [-0.1, -0.05) is 32.0 Å². The normalized spacial score (nSPS) is 18.6. The maximum absolute atomic E-state index is 14.0. The number of nitrogens with one attached hydrogen (secondary N) is 1. The number of piperidine rings is 1. The Morgan fingerprint density at radius 1 is 1.02 bits per heavy atom. The van der Waals surface area contributed by atoms with Gasteiger partial charge >= 0.3 is 6.18 Å². The maximum Gasteiger partial charge on any atom is 0.416 e. The van der Waals surface area contributed by atoms with Gasteiger partial charge in [0.25, 0.3) is 0 Å². The third-order valence-electron chi connectivity index (χ3n) is 8.87. The average Bonchev–Trinajstić information content (AvgIpc) is 3.31. The van der Waals surface area contributed by atoms with Crippen molar-refractivity contribution in [3.8, 4) is 11.3 Å². The van der Waals surface area contributed by atoms with Crippen molar-refractivity contribution in [1.82, 2.24) is 24.3 Å². The number of alkyl halides is 3. The van der Waals surface area contributed by atoms with E-state index in [-0.39, 0.29) is 43.7 Å². The van der Waals surface area contributed by atoms with Gasteiger partial charge in [-0.3, -0.25) is 4.68 Å². The Hall–Kier alpha value is -2.84. The largest absolute Gasteiger partial charge is 0.416 e. The number of aliphatic hydroxyl groups is 1. The summed E-state index contributed by atoms with van der Waals surface area (Å²) >= 11 is 0. The Labute approximate surface area is 262 Å². The summed E-state index contributed by atoms with van der Waals surface area (Å²) in [5.74, 6) is -0.397. The summed E-state index contributed by atoms with van der Waals surface area (Å²) in [4.78, 5) is 2.24. The van der Waals surface area contributed by atoms with Crippen molar-refractivity contribution in [1.29, 1.82) is 0 Å². The van der Waals surface area contributed by atoms with Crippen molar-refractivity contribution in [2.24, 2.45) is 5.41 Å². The van der Waals surface area contributed by atoms with E-state index in [1.807, 2.05) is 0 Å². The van der Waals surface area contributed by atoms with Gasteiger partial charge in [0.2, 0.25) is 10.0 Å². The smallest absolute Gasteiger partial charge is 0.390 e. The quantitative estimate of drug-likeness (QED) is 0.307. The van der Waals surface area contributed by atoms with Crippen LogP contribution in [0.25, 0.3) is 11.3 Å². The van der Waals surface area contributed by atoms with Crippen LogP contribution in [0.2, 0.25) is 0 Å². The van der Waals surface area contributed by atoms with Crippen LogP contribution in [-0.2, 0) is 48.8 Å². The number of likely N-dealkylation sites (tertiary alicyclic amines) is 1. The number of aliphatic hydroxyl groups excluding tert-OH is 1. The molecule has 0 bridgehead atoms. The minimum Gasteiger partial charge on any atom is -0.390 e. The molecule has 13 heteroatoms. The van der Waals surface area contributed by atoms with Gasteiger partial charge in [-0.05, 0) is 66.7 Å². The molecule has 0 aliphatic carbocycles. The first-order valence-electron chi connectivity index (χ1n) is 15.2. The number of sulfonamides is 1. The van der Waals surface area contributed by atoms with Gasteiger partial charge in [0.1, 0.15) is 5.82 Å². The number of rotatable bonds is 10. The molecule has 5 rings (SSSR count). The van der Waals surface area contributed by atoms with Crippen LogP contribution >= 0.6 is 0 Å². The first kappa shape index (κ1) is 33.5. The third-order valence-corrected chi connectivity index (χ3v) is 10.1. The van der Waals surface area contributed by atoms with Crippen LogP contribution in [0.4, 0.5) is 17.6 Å². The maximum atomic E-state index is 14.0. The first-order valence-corrected chi connectivity index (χ1v) is 17.0. The molecule has 3 aromatic rings. The molecule has 2 aliphatic rings. The molecule has 0 amide bonds. The van der Waals surface area contributed by atoms with Gasteiger partial charge in [0, 0.05) is 56.0 Å². The summed E-state index contributed by atoms with van der Waals surface area (Å²) in [6, 6.07) is 9.56. The van der Waals surface area contributed by atoms with Crippen molar-refractivity contribution >= 4 is 10.0 Å². The number of nitrogens with zero attached hydrogens (tertiary/aromatic N) is 4. The molecule has 0 unspecified atom stereocenters. The van der Waals surface area contributed by atoms with Gasteiger partial charge < -0.3 is 15.3 Å². The number of benzene rings is 2. The fraction of sp³-hybridized carbons (Fsp3) is 0.531. The van der Waals surface area contributed by atoms with Crippen molar-refractivity contribution < 1.29 is 31.1 Å². The summed E-state index contributed by atoms with van der Waals surface area (Å²) in [5.41, 5.74) is 2.46. The van der Waals surface area contributed by atoms with Crippen LogP contribution in [0.1, 0.15) is 54.6 Å².